The molecule has 0 saturated heterocycles. The molecule has 2 N–H and O–H groups in total. The Morgan fingerprint density at radius 1 is 1.19 bits per heavy atom. The molecule has 2 aromatic rings. The van der Waals surface area contributed by atoms with Gasteiger partial charge in [-0.1, -0.05) is 25.1 Å². The minimum Gasteiger partial charge on any atom is -0.492 e. The van der Waals surface area contributed by atoms with E-state index in [0.717, 1.165) is 25.4 Å². The second-order valence-corrected chi connectivity index (χ2v) is 5.77. The largest absolute Gasteiger partial charge is 0.492 e. The van der Waals surface area contributed by atoms with Crippen molar-refractivity contribution in [2.45, 2.75) is 13.5 Å². The lowest BCUT2D eigenvalue weighted by Gasteiger charge is -2.19. The maximum atomic E-state index is 9.03. The highest BCUT2D eigenvalue weighted by atomic mass is 32.1. The lowest BCUT2D eigenvalue weighted by atomic mass is 9.80. The summed E-state index contributed by atoms with van der Waals surface area (Å²) >= 11 is 1.77. The number of hydrogen-bond donors (Lipinski definition) is 2. The molecule has 6 heteroatoms. The first-order valence-corrected chi connectivity index (χ1v) is 7.90. The van der Waals surface area contributed by atoms with Gasteiger partial charge in [-0.05, 0) is 35.6 Å². The summed E-state index contributed by atoms with van der Waals surface area (Å²) < 4.78 is 5.69. The number of rotatable bonds is 8. The van der Waals surface area contributed by atoms with Crippen LogP contribution in [0.25, 0.3) is 0 Å². The van der Waals surface area contributed by atoms with Crippen LogP contribution >= 0.6 is 11.3 Å². The van der Waals surface area contributed by atoms with E-state index < -0.39 is 7.12 Å². The van der Waals surface area contributed by atoms with Gasteiger partial charge in [0.05, 0.1) is 0 Å². The van der Waals surface area contributed by atoms with E-state index in [1.165, 1.54) is 4.88 Å². The first kappa shape index (κ1) is 16.0. The first-order valence-electron chi connectivity index (χ1n) is 7.02. The van der Waals surface area contributed by atoms with Crippen molar-refractivity contribution < 1.29 is 14.8 Å². The zero-order valence-electron chi connectivity index (χ0n) is 12.1. The summed E-state index contributed by atoms with van der Waals surface area (Å²) in [5.74, 6) is 0.742. The summed E-state index contributed by atoms with van der Waals surface area (Å²) in [4.78, 5) is 3.69. The number of thiophene rings is 1. The number of nitrogens with zero attached hydrogens (tertiary/aromatic N) is 1. The van der Waals surface area contributed by atoms with Crippen LogP contribution in [0.2, 0.25) is 0 Å². The van der Waals surface area contributed by atoms with Gasteiger partial charge in [0.25, 0.3) is 0 Å². The lowest BCUT2D eigenvalue weighted by molar-refractivity contribution is 0.211. The Morgan fingerprint density at radius 2 is 1.95 bits per heavy atom. The Balaban J connectivity index is 1.77. The zero-order chi connectivity index (χ0) is 15.1. The van der Waals surface area contributed by atoms with Crippen molar-refractivity contribution in [1.82, 2.24) is 4.90 Å². The summed E-state index contributed by atoms with van der Waals surface area (Å²) in [6.07, 6.45) is 0. The van der Waals surface area contributed by atoms with E-state index in [9.17, 15) is 0 Å². The Hall–Kier alpha value is -1.34. The molecular formula is C15H20BNO3S. The Morgan fingerprint density at radius 3 is 2.52 bits per heavy atom. The van der Waals surface area contributed by atoms with E-state index >= 15 is 0 Å². The van der Waals surface area contributed by atoms with Gasteiger partial charge in [0, 0.05) is 18.0 Å². The highest BCUT2D eigenvalue weighted by molar-refractivity contribution is 7.09. The van der Waals surface area contributed by atoms with E-state index in [-0.39, 0.29) is 0 Å². The summed E-state index contributed by atoms with van der Waals surface area (Å²) in [5.41, 5.74) is 0.468. The van der Waals surface area contributed by atoms with Crippen LogP contribution in [0, 0.1) is 0 Å². The molecule has 0 aliphatic rings. The Bertz CT molecular complexity index is 516. The van der Waals surface area contributed by atoms with Gasteiger partial charge >= 0.3 is 7.12 Å². The van der Waals surface area contributed by atoms with E-state index in [1.807, 2.05) is 0 Å². The third kappa shape index (κ3) is 5.17. The van der Waals surface area contributed by atoms with Crippen LogP contribution < -0.4 is 10.2 Å². The summed E-state index contributed by atoms with van der Waals surface area (Å²) in [7, 11) is -1.43. The van der Waals surface area contributed by atoms with Gasteiger partial charge in [-0.25, -0.2) is 0 Å². The van der Waals surface area contributed by atoms with Crippen molar-refractivity contribution in [2.75, 3.05) is 19.7 Å². The van der Waals surface area contributed by atoms with Crippen molar-refractivity contribution in [3.05, 3.63) is 46.7 Å². The number of ether oxygens (including phenoxy) is 1. The Kier molecular flexibility index (Phi) is 6.26. The SMILES string of the molecule is CCN(CCOc1ccc(B(O)O)cc1)Cc1cccs1. The van der Waals surface area contributed by atoms with Crippen LogP contribution in [-0.4, -0.2) is 41.8 Å². The predicted molar refractivity (Wildman–Crippen MR) is 87.0 cm³/mol. The van der Waals surface area contributed by atoms with Crippen LogP contribution in [0.4, 0.5) is 0 Å². The monoisotopic (exact) mass is 305 g/mol. The van der Waals surface area contributed by atoms with Crippen LogP contribution in [0.3, 0.4) is 0 Å². The topological polar surface area (TPSA) is 52.9 Å². The van der Waals surface area contributed by atoms with Crippen molar-refractivity contribution in [1.29, 1.82) is 0 Å². The van der Waals surface area contributed by atoms with Gasteiger partial charge in [-0.2, -0.15) is 0 Å². The molecule has 0 radical (unpaired) electrons. The molecule has 21 heavy (non-hydrogen) atoms. The fourth-order valence-electron chi connectivity index (χ4n) is 2.00. The average Bonchev–Trinajstić information content (AvgIpc) is 2.99. The van der Waals surface area contributed by atoms with Gasteiger partial charge in [0.2, 0.25) is 0 Å². The second kappa shape index (κ2) is 8.19. The number of likely N-dealkylation sites (N-methyl/N-ethyl adjacent to an activating group) is 1. The van der Waals surface area contributed by atoms with Gasteiger partial charge in [0.15, 0.2) is 0 Å². The van der Waals surface area contributed by atoms with Crippen molar-refractivity contribution >= 4 is 23.9 Å². The molecule has 0 spiro atoms. The highest BCUT2D eigenvalue weighted by Gasteiger charge is 2.10. The van der Waals surface area contributed by atoms with Gasteiger partial charge in [-0.3, -0.25) is 4.90 Å². The van der Waals surface area contributed by atoms with Gasteiger partial charge < -0.3 is 14.8 Å². The third-order valence-corrected chi connectivity index (χ3v) is 4.12. The average molecular weight is 305 g/mol. The minimum atomic E-state index is -1.43. The lowest BCUT2D eigenvalue weighted by Crippen LogP contribution is -2.29. The van der Waals surface area contributed by atoms with Crippen molar-refractivity contribution in [3.8, 4) is 5.75 Å². The van der Waals surface area contributed by atoms with Crippen LogP contribution in [0.1, 0.15) is 11.8 Å². The van der Waals surface area contributed by atoms with Crippen LogP contribution in [-0.2, 0) is 6.54 Å². The van der Waals surface area contributed by atoms with E-state index in [4.69, 9.17) is 14.8 Å². The molecule has 0 bridgehead atoms. The maximum absolute atomic E-state index is 9.03. The smallest absolute Gasteiger partial charge is 0.488 e. The molecule has 0 fully saturated rings. The quantitative estimate of drug-likeness (QED) is 0.723. The van der Waals surface area contributed by atoms with E-state index in [1.54, 1.807) is 35.6 Å². The molecule has 0 unspecified atom stereocenters. The van der Waals surface area contributed by atoms with E-state index in [2.05, 4.69) is 29.3 Å². The summed E-state index contributed by atoms with van der Waals surface area (Å²) in [6.45, 7) is 5.55. The summed E-state index contributed by atoms with van der Waals surface area (Å²) in [5, 5.41) is 20.1. The summed E-state index contributed by atoms with van der Waals surface area (Å²) in [6, 6.07) is 11.0. The third-order valence-electron chi connectivity index (χ3n) is 3.26. The highest BCUT2D eigenvalue weighted by Crippen LogP contribution is 2.12. The molecule has 0 aliphatic heterocycles. The normalized spacial score (nSPS) is 10.9. The van der Waals surface area contributed by atoms with Gasteiger partial charge in [0.1, 0.15) is 12.4 Å². The first-order chi connectivity index (χ1) is 10.2. The molecule has 2 rings (SSSR count). The van der Waals surface area contributed by atoms with Gasteiger partial charge in [-0.15, -0.1) is 11.3 Å². The molecule has 0 saturated carbocycles. The fourth-order valence-corrected chi connectivity index (χ4v) is 2.75. The molecule has 1 aromatic carbocycles. The van der Waals surface area contributed by atoms with E-state index in [0.29, 0.717) is 12.1 Å². The molecule has 1 heterocycles. The minimum absolute atomic E-state index is 0.468. The predicted octanol–water partition coefficient (Wildman–Crippen LogP) is 1.33. The molecule has 4 nitrogen and oxygen atoms in total. The van der Waals surface area contributed by atoms with Crippen molar-refractivity contribution in [2.24, 2.45) is 0 Å². The van der Waals surface area contributed by atoms with Crippen molar-refractivity contribution in [3.63, 3.8) is 0 Å². The van der Waals surface area contributed by atoms with Crippen LogP contribution in [0.15, 0.2) is 41.8 Å². The molecule has 0 atom stereocenters. The number of hydrogen-bond acceptors (Lipinski definition) is 5. The fraction of sp³-hybridized carbons (Fsp3) is 0.333. The van der Waals surface area contributed by atoms with Crippen LogP contribution in [0.5, 0.6) is 5.75 Å². The molecule has 112 valence electrons. The second-order valence-electron chi connectivity index (χ2n) is 4.74. The molecule has 1 aromatic heterocycles. The molecule has 0 aliphatic carbocycles. The standard InChI is InChI=1S/C15H20BNO3S/c1-2-17(12-15-4-3-11-21-15)9-10-20-14-7-5-13(6-8-14)16(18)19/h3-8,11,18-19H,2,9-10,12H2,1H3. The maximum Gasteiger partial charge on any atom is 0.488 e. The zero-order valence-corrected chi connectivity index (χ0v) is 12.9. The molecule has 0 amide bonds. The molecular weight excluding hydrogens is 285 g/mol. The Labute approximate surface area is 129 Å². The number of benzene rings is 1.